The fourth-order valence-electron chi connectivity index (χ4n) is 1.40. The van der Waals surface area contributed by atoms with Crippen LogP contribution in [0, 0.1) is 0 Å². The molecule has 0 atom stereocenters. The summed E-state index contributed by atoms with van der Waals surface area (Å²) in [4.78, 5) is 0.936. The van der Waals surface area contributed by atoms with Gasteiger partial charge < -0.3 is 0 Å². The van der Waals surface area contributed by atoms with Crippen molar-refractivity contribution >= 4 is 27.0 Å². The summed E-state index contributed by atoms with van der Waals surface area (Å²) in [6.45, 7) is 0. The third kappa shape index (κ3) is 2.62. The fourth-order valence-corrected chi connectivity index (χ4v) is 2.90. The van der Waals surface area contributed by atoms with Crippen molar-refractivity contribution in [2.45, 2.75) is 0 Å². The van der Waals surface area contributed by atoms with Crippen molar-refractivity contribution in [2.75, 3.05) is 11.0 Å². The highest BCUT2D eigenvalue weighted by Gasteiger charge is 2.09. The van der Waals surface area contributed by atoms with Gasteiger partial charge in [0.2, 0.25) is 10.0 Å². The lowest BCUT2D eigenvalue weighted by molar-refractivity contribution is 0.607. The Morgan fingerprint density at radius 3 is 2.44 bits per heavy atom. The Morgan fingerprint density at radius 1 is 1.12 bits per heavy atom. The Labute approximate surface area is 98.8 Å². The molecule has 1 N–H and O–H groups in total. The standard InChI is InChI=1S/C11H11NO2S2/c1-16(13,14)12-10-7-8-15-11(10)9-5-3-2-4-6-9/h2-8,12H,1H3. The van der Waals surface area contributed by atoms with E-state index in [2.05, 4.69) is 4.72 Å². The van der Waals surface area contributed by atoms with Crippen LogP contribution in [0.15, 0.2) is 41.8 Å². The van der Waals surface area contributed by atoms with Crippen LogP contribution in [-0.4, -0.2) is 14.7 Å². The molecule has 1 aromatic carbocycles. The van der Waals surface area contributed by atoms with Gasteiger partial charge in [-0.15, -0.1) is 11.3 Å². The van der Waals surface area contributed by atoms with Gasteiger partial charge in [0.05, 0.1) is 16.8 Å². The molecule has 1 aromatic heterocycles. The summed E-state index contributed by atoms with van der Waals surface area (Å²) >= 11 is 1.52. The molecule has 0 aliphatic carbocycles. The second-order valence-electron chi connectivity index (χ2n) is 3.40. The molecule has 0 unspecified atom stereocenters. The highest BCUT2D eigenvalue weighted by Crippen LogP contribution is 2.33. The molecule has 84 valence electrons. The predicted octanol–water partition coefficient (Wildman–Crippen LogP) is 2.79. The van der Waals surface area contributed by atoms with Gasteiger partial charge in [0.15, 0.2) is 0 Å². The molecule has 0 amide bonds. The Kier molecular flexibility index (Phi) is 2.98. The van der Waals surface area contributed by atoms with Crippen molar-refractivity contribution < 1.29 is 8.42 Å². The maximum Gasteiger partial charge on any atom is 0.229 e. The van der Waals surface area contributed by atoms with Gasteiger partial charge in [-0.05, 0) is 17.0 Å². The number of benzene rings is 1. The van der Waals surface area contributed by atoms with Crippen molar-refractivity contribution in [1.82, 2.24) is 0 Å². The normalized spacial score (nSPS) is 11.3. The van der Waals surface area contributed by atoms with Gasteiger partial charge >= 0.3 is 0 Å². The number of rotatable bonds is 3. The van der Waals surface area contributed by atoms with Gasteiger partial charge in [-0.25, -0.2) is 8.42 Å². The van der Waals surface area contributed by atoms with E-state index in [0.29, 0.717) is 5.69 Å². The highest BCUT2D eigenvalue weighted by atomic mass is 32.2. The molecule has 2 rings (SSSR count). The van der Waals surface area contributed by atoms with E-state index in [9.17, 15) is 8.42 Å². The summed E-state index contributed by atoms with van der Waals surface area (Å²) in [5, 5.41) is 1.87. The molecule has 0 fully saturated rings. The molecule has 0 aliphatic heterocycles. The maximum absolute atomic E-state index is 11.2. The third-order valence-corrected chi connectivity index (χ3v) is 3.55. The van der Waals surface area contributed by atoms with Gasteiger partial charge in [0, 0.05) is 0 Å². The molecule has 2 aromatic rings. The fraction of sp³-hybridized carbons (Fsp3) is 0.0909. The van der Waals surface area contributed by atoms with Crippen LogP contribution >= 0.6 is 11.3 Å². The average molecular weight is 253 g/mol. The predicted molar refractivity (Wildman–Crippen MR) is 68.2 cm³/mol. The van der Waals surface area contributed by atoms with Crippen molar-refractivity contribution in [3.8, 4) is 10.4 Å². The first-order valence-corrected chi connectivity index (χ1v) is 7.44. The molecule has 0 bridgehead atoms. The number of thiophene rings is 1. The first kappa shape index (κ1) is 11.2. The smallest absolute Gasteiger partial charge is 0.229 e. The van der Waals surface area contributed by atoms with Gasteiger partial charge in [-0.2, -0.15) is 0 Å². The van der Waals surface area contributed by atoms with Crippen molar-refractivity contribution in [3.63, 3.8) is 0 Å². The van der Waals surface area contributed by atoms with Crippen molar-refractivity contribution in [1.29, 1.82) is 0 Å². The Morgan fingerprint density at radius 2 is 1.81 bits per heavy atom. The highest BCUT2D eigenvalue weighted by molar-refractivity contribution is 7.92. The molecule has 5 heteroatoms. The molecule has 1 heterocycles. The monoisotopic (exact) mass is 253 g/mol. The molecule has 16 heavy (non-hydrogen) atoms. The van der Waals surface area contributed by atoms with E-state index in [1.807, 2.05) is 35.7 Å². The molecule has 0 aliphatic rings. The zero-order valence-electron chi connectivity index (χ0n) is 8.67. The van der Waals surface area contributed by atoms with Crippen LogP contribution in [0.1, 0.15) is 0 Å². The van der Waals surface area contributed by atoms with Crippen LogP contribution < -0.4 is 4.72 Å². The summed E-state index contributed by atoms with van der Waals surface area (Å²) < 4.78 is 24.9. The second kappa shape index (κ2) is 4.27. The topological polar surface area (TPSA) is 46.2 Å². The maximum atomic E-state index is 11.2. The zero-order valence-corrected chi connectivity index (χ0v) is 10.3. The lowest BCUT2D eigenvalue weighted by atomic mass is 10.2. The quantitative estimate of drug-likeness (QED) is 0.914. The minimum Gasteiger partial charge on any atom is -0.282 e. The number of hydrogen-bond acceptors (Lipinski definition) is 3. The van der Waals surface area contributed by atoms with Crippen LogP contribution in [0.3, 0.4) is 0 Å². The van der Waals surface area contributed by atoms with Crippen molar-refractivity contribution in [2.24, 2.45) is 0 Å². The molecule has 0 spiro atoms. The van der Waals surface area contributed by atoms with Gasteiger partial charge in [-0.3, -0.25) is 4.72 Å². The Balaban J connectivity index is 2.41. The van der Waals surface area contributed by atoms with E-state index in [1.54, 1.807) is 6.07 Å². The molecule has 0 saturated carbocycles. The summed E-state index contributed by atoms with van der Waals surface area (Å²) in [6, 6.07) is 11.5. The number of hydrogen-bond donors (Lipinski definition) is 1. The zero-order chi connectivity index (χ0) is 11.6. The third-order valence-electron chi connectivity index (χ3n) is 2.00. The van der Waals surface area contributed by atoms with Crippen LogP contribution in [0.2, 0.25) is 0 Å². The van der Waals surface area contributed by atoms with E-state index in [1.165, 1.54) is 11.3 Å². The first-order valence-electron chi connectivity index (χ1n) is 4.67. The van der Waals surface area contributed by atoms with Gasteiger partial charge in [0.25, 0.3) is 0 Å². The summed E-state index contributed by atoms with van der Waals surface area (Å²) in [6.07, 6.45) is 1.15. The summed E-state index contributed by atoms with van der Waals surface area (Å²) in [7, 11) is -3.22. The minimum absolute atomic E-state index is 0.638. The van der Waals surface area contributed by atoms with E-state index in [-0.39, 0.29) is 0 Å². The lowest BCUT2D eigenvalue weighted by Crippen LogP contribution is -2.09. The minimum atomic E-state index is -3.22. The van der Waals surface area contributed by atoms with Gasteiger partial charge in [-0.1, -0.05) is 30.3 Å². The van der Waals surface area contributed by atoms with E-state index >= 15 is 0 Å². The van der Waals surface area contributed by atoms with E-state index in [4.69, 9.17) is 0 Å². The van der Waals surface area contributed by atoms with Crippen LogP contribution in [0.4, 0.5) is 5.69 Å². The summed E-state index contributed by atoms with van der Waals surface area (Å²) in [5.74, 6) is 0. The molecular weight excluding hydrogens is 242 g/mol. The molecule has 3 nitrogen and oxygen atoms in total. The SMILES string of the molecule is CS(=O)(=O)Nc1ccsc1-c1ccccc1. The van der Waals surface area contributed by atoms with Gasteiger partial charge in [0.1, 0.15) is 0 Å². The molecule has 0 saturated heterocycles. The van der Waals surface area contributed by atoms with E-state index < -0.39 is 10.0 Å². The Bertz CT molecular complexity index is 573. The van der Waals surface area contributed by atoms with E-state index in [0.717, 1.165) is 16.7 Å². The molecule has 0 radical (unpaired) electrons. The molecular formula is C11H11NO2S2. The number of anilines is 1. The summed E-state index contributed by atoms with van der Waals surface area (Å²) in [5.41, 5.74) is 1.65. The first-order chi connectivity index (χ1) is 7.56. The van der Waals surface area contributed by atoms with Crippen LogP contribution in [-0.2, 0) is 10.0 Å². The second-order valence-corrected chi connectivity index (χ2v) is 6.07. The lowest BCUT2D eigenvalue weighted by Gasteiger charge is -2.05. The largest absolute Gasteiger partial charge is 0.282 e. The average Bonchev–Trinajstić information content (AvgIpc) is 2.64. The van der Waals surface area contributed by atoms with Crippen LogP contribution in [0.5, 0.6) is 0 Å². The van der Waals surface area contributed by atoms with Crippen molar-refractivity contribution in [3.05, 3.63) is 41.8 Å². The number of nitrogens with one attached hydrogen (secondary N) is 1. The Hall–Kier alpha value is -1.33. The van der Waals surface area contributed by atoms with Crippen LogP contribution in [0.25, 0.3) is 10.4 Å². The number of sulfonamides is 1.